The van der Waals surface area contributed by atoms with Gasteiger partial charge in [0, 0.05) is 26.1 Å². The summed E-state index contributed by atoms with van der Waals surface area (Å²) in [5.74, 6) is 1.28. The Kier molecular flexibility index (Phi) is 8.38. The molecule has 1 fully saturated rings. The van der Waals surface area contributed by atoms with Crippen LogP contribution in [-0.4, -0.2) is 26.2 Å². The lowest BCUT2D eigenvalue weighted by molar-refractivity contribution is 0.0915. The predicted octanol–water partition coefficient (Wildman–Crippen LogP) is 4.31. The topological polar surface area (TPSA) is 45.7 Å². The summed E-state index contributed by atoms with van der Waals surface area (Å²) in [5.41, 5.74) is 2.50. The second-order valence-electron chi connectivity index (χ2n) is 6.48. The molecule has 0 amide bonds. The normalized spacial score (nSPS) is 20.9. The summed E-state index contributed by atoms with van der Waals surface area (Å²) in [4.78, 5) is 4.37. The first-order chi connectivity index (χ1) is 12.3. The van der Waals surface area contributed by atoms with Crippen molar-refractivity contribution in [2.24, 2.45) is 10.9 Å². The van der Waals surface area contributed by atoms with E-state index in [1.54, 1.807) is 0 Å². The van der Waals surface area contributed by atoms with Crippen LogP contribution in [0.3, 0.4) is 0 Å². The van der Waals surface area contributed by atoms with E-state index in [1.807, 2.05) is 19.2 Å². The third kappa shape index (κ3) is 5.45. The van der Waals surface area contributed by atoms with Gasteiger partial charge >= 0.3 is 0 Å². The molecule has 0 saturated carbocycles. The Morgan fingerprint density at radius 1 is 1.12 bits per heavy atom. The zero-order valence-electron chi connectivity index (χ0n) is 15.4. The first kappa shape index (κ1) is 20.7. The molecule has 3 atom stereocenters. The lowest BCUT2D eigenvalue weighted by Gasteiger charge is -2.22. The second-order valence-corrected chi connectivity index (χ2v) is 6.48. The third-order valence-electron chi connectivity index (χ3n) is 4.75. The molecular formula is C21H28IN3O. The molecule has 0 spiro atoms. The SMILES string of the molecule is CN=C(NCC1CCOC1c1ccccc1)NC(C)c1ccccc1.I. The zero-order valence-corrected chi connectivity index (χ0v) is 17.7. The Morgan fingerprint density at radius 2 is 1.77 bits per heavy atom. The van der Waals surface area contributed by atoms with Gasteiger partial charge in [0.25, 0.3) is 0 Å². The Labute approximate surface area is 173 Å². The van der Waals surface area contributed by atoms with Crippen molar-refractivity contribution >= 4 is 29.9 Å². The van der Waals surface area contributed by atoms with Gasteiger partial charge in [0.05, 0.1) is 12.1 Å². The van der Waals surface area contributed by atoms with Crippen LogP contribution in [0.2, 0.25) is 0 Å². The van der Waals surface area contributed by atoms with Crippen molar-refractivity contribution in [2.75, 3.05) is 20.2 Å². The molecule has 0 aliphatic carbocycles. The molecular weight excluding hydrogens is 437 g/mol. The van der Waals surface area contributed by atoms with Crippen molar-refractivity contribution < 1.29 is 4.74 Å². The molecule has 26 heavy (non-hydrogen) atoms. The number of hydrogen-bond acceptors (Lipinski definition) is 2. The van der Waals surface area contributed by atoms with E-state index in [9.17, 15) is 0 Å². The van der Waals surface area contributed by atoms with Gasteiger partial charge < -0.3 is 15.4 Å². The molecule has 0 aromatic heterocycles. The first-order valence-corrected chi connectivity index (χ1v) is 8.96. The number of rotatable bonds is 5. The van der Waals surface area contributed by atoms with Crippen LogP contribution in [-0.2, 0) is 4.74 Å². The average molecular weight is 465 g/mol. The molecule has 1 heterocycles. The highest BCUT2D eigenvalue weighted by Gasteiger charge is 2.29. The van der Waals surface area contributed by atoms with Crippen LogP contribution >= 0.6 is 24.0 Å². The second kappa shape index (κ2) is 10.5. The standard InChI is InChI=1S/C21H27N3O.HI/c1-16(17-9-5-3-6-10-17)24-21(22-2)23-15-19-13-14-25-20(19)18-11-7-4-8-12-18;/h3-12,16,19-20H,13-15H2,1-2H3,(H2,22,23,24);1H. The van der Waals surface area contributed by atoms with Crippen LogP contribution < -0.4 is 10.6 Å². The highest BCUT2D eigenvalue weighted by molar-refractivity contribution is 14.0. The van der Waals surface area contributed by atoms with Crippen molar-refractivity contribution in [1.82, 2.24) is 10.6 Å². The number of aliphatic imine (C=N–C) groups is 1. The van der Waals surface area contributed by atoms with Gasteiger partial charge in [0.15, 0.2) is 5.96 Å². The first-order valence-electron chi connectivity index (χ1n) is 8.96. The minimum Gasteiger partial charge on any atom is -0.373 e. The highest BCUT2D eigenvalue weighted by atomic mass is 127. The Balaban J connectivity index is 0.00000243. The van der Waals surface area contributed by atoms with Crippen LogP contribution in [0.5, 0.6) is 0 Å². The molecule has 1 saturated heterocycles. The summed E-state index contributed by atoms with van der Waals surface area (Å²) in [7, 11) is 1.81. The molecule has 2 N–H and O–H groups in total. The van der Waals surface area contributed by atoms with Crippen LogP contribution in [0, 0.1) is 5.92 Å². The fourth-order valence-corrected chi connectivity index (χ4v) is 3.31. The molecule has 5 heteroatoms. The molecule has 3 rings (SSSR count). The van der Waals surface area contributed by atoms with Crippen molar-refractivity contribution in [2.45, 2.75) is 25.5 Å². The van der Waals surface area contributed by atoms with Gasteiger partial charge in [-0.2, -0.15) is 0 Å². The molecule has 1 aliphatic heterocycles. The molecule has 2 aromatic rings. The number of guanidine groups is 1. The minimum absolute atomic E-state index is 0. The zero-order chi connectivity index (χ0) is 17.5. The fourth-order valence-electron chi connectivity index (χ4n) is 3.31. The van der Waals surface area contributed by atoms with Crippen molar-refractivity contribution in [3.63, 3.8) is 0 Å². The number of nitrogens with one attached hydrogen (secondary N) is 2. The van der Waals surface area contributed by atoms with E-state index in [1.165, 1.54) is 11.1 Å². The molecule has 0 radical (unpaired) electrons. The molecule has 3 unspecified atom stereocenters. The van der Waals surface area contributed by atoms with E-state index < -0.39 is 0 Å². The number of halogens is 1. The van der Waals surface area contributed by atoms with Gasteiger partial charge in [-0.25, -0.2) is 0 Å². The quantitative estimate of drug-likeness (QED) is 0.393. The number of hydrogen-bond donors (Lipinski definition) is 2. The molecule has 1 aliphatic rings. The van der Waals surface area contributed by atoms with E-state index in [0.29, 0.717) is 5.92 Å². The number of nitrogens with zero attached hydrogens (tertiary/aromatic N) is 1. The maximum atomic E-state index is 5.97. The largest absolute Gasteiger partial charge is 0.373 e. The minimum atomic E-state index is 0. The van der Waals surface area contributed by atoms with E-state index in [2.05, 4.69) is 71.1 Å². The van der Waals surface area contributed by atoms with Gasteiger partial charge in [-0.1, -0.05) is 60.7 Å². The van der Waals surface area contributed by atoms with E-state index in [4.69, 9.17) is 4.74 Å². The van der Waals surface area contributed by atoms with Crippen LogP contribution in [0.1, 0.15) is 36.6 Å². The maximum absolute atomic E-state index is 5.97. The van der Waals surface area contributed by atoms with Gasteiger partial charge in [0.1, 0.15) is 0 Å². The summed E-state index contributed by atoms with van der Waals surface area (Å²) in [6, 6.07) is 21.1. The van der Waals surface area contributed by atoms with Crippen molar-refractivity contribution in [3.05, 3.63) is 71.8 Å². The van der Waals surface area contributed by atoms with Gasteiger partial charge in [-0.05, 0) is 24.5 Å². The fraction of sp³-hybridized carbons (Fsp3) is 0.381. The number of benzene rings is 2. The van der Waals surface area contributed by atoms with Gasteiger partial charge in [0.2, 0.25) is 0 Å². The maximum Gasteiger partial charge on any atom is 0.191 e. The van der Waals surface area contributed by atoms with Crippen molar-refractivity contribution in [1.29, 1.82) is 0 Å². The summed E-state index contributed by atoms with van der Waals surface area (Å²) >= 11 is 0. The predicted molar refractivity (Wildman–Crippen MR) is 118 cm³/mol. The highest BCUT2D eigenvalue weighted by Crippen LogP contribution is 2.33. The number of ether oxygens (including phenoxy) is 1. The Morgan fingerprint density at radius 3 is 2.42 bits per heavy atom. The van der Waals surface area contributed by atoms with E-state index >= 15 is 0 Å². The summed E-state index contributed by atoms with van der Waals surface area (Å²) in [6.45, 7) is 3.81. The average Bonchev–Trinajstić information content (AvgIpc) is 3.15. The van der Waals surface area contributed by atoms with E-state index in [-0.39, 0.29) is 36.1 Å². The van der Waals surface area contributed by atoms with Gasteiger partial charge in [-0.15, -0.1) is 24.0 Å². The Hall–Kier alpha value is -1.60. The third-order valence-corrected chi connectivity index (χ3v) is 4.75. The van der Waals surface area contributed by atoms with Crippen LogP contribution in [0.25, 0.3) is 0 Å². The lowest BCUT2D eigenvalue weighted by Crippen LogP contribution is -2.41. The molecule has 140 valence electrons. The van der Waals surface area contributed by atoms with Crippen LogP contribution in [0.4, 0.5) is 0 Å². The summed E-state index contributed by atoms with van der Waals surface area (Å²) < 4.78 is 5.97. The summed E-state index contributed by atoms with van der Waals surface area (Å²) in [5, 5.41) is 6.93. The summed E-state index contributed by atoms with van der Waals surface area (Å²) in [6.07, 6.45) is 1.23. The van der Waals surface area contributed by atoms with Crippen LogP contribution in [0.15, 0.2) is 65.7 Å². The van der Waals surface area contributed by atoms with E-state index in [0.717, 1.165) is 25.5 Å². The molecule has 4 nitrogen and oxygen atoms in total. The van der Waals surface area contributed by atoms with Crippen molar-refractivity contribution in [3.8, 4) is 0 Å². The van der Waals surface area contributed by atoms with Gasteiger partial charge in [-0.3, -0.25) is 4.99 Å². The smallest absolute Gasteiger partial charge is 0.191 e. The lowest BCUT2D eigenvalue weighted by atomic mass is 9.95. The monoisotopic (exact) mass is 465 g/mol. The Bertz CT molecular complexity index is 678. The molecule has 2 aromatic carbocycles. The molecule has 0 bridgehead atoms.